The first kappa shape index (κ1) is 24.7. The first-order valence-corrected chi connectivity index (χ1v) is 12.1. The van der Waals surface area contributed by atoms with Crippen LogP contribution < -0.4 is 20.9 Å². The van der Waals surface area contributed by atoms with Gasteiger partial charge < -0.3 is 15.4 Å². The summed E-state index contributed by atoms with van der Waals surface area (Å²) in [7, 11) is 1.51. The minimum absolute atomic E-state index is 0.0137. The molecule has 0 fully saturated rings. The lowest BCUT2D eigenvalue weighted by Gasteiger charge is -2.09. The number of carbonyl (C=O) groups excluding carboxylic acids is 2. The monoisotopic (exact) mass is 530 g/mol. The van der Waals surface area contributed by atoms with Crippen LogP contribution >= 0.6 is 34.5 Å². The number of hydrogen-bond acceptors (Lipinski definition) is 6. The van der Waals surface area contributed by atoms with Gasteiger partial charge in [0.1, 0.15) is 16.3 Å². The molecule has 0 atom stereocenters. The SMILES string of the molecule is CCCc1cc(=O)n2c(C(=O)Nc3cccc(OC)c3)c(C(=O)Nc3cc(Cl)cc(Cl)c3)sc2n1. The fourth-order valence-corrected chi connectivity index (χ4v) is 5.04. The van der Waals surface area contributed by atoms with Crippen LogP contribution in [0.2, 0.25) is 10.0 Å². The van der Waals surface area contributed by atoms with Crippen molar-refractivity contribution in [2.24, 2.45) is 0 Å². The Morgan fingerprint density at radius 3 is 2.43 bits per heavy atom. The topological polar surface area (TPSA) is 102 Å². The lowest BCUT2D eigenvalue weighted by Crippen LogP contribution is -2.25. The molecule has 8 nitrogen and oxygen atoms in total. The van der Waals surface area contributed by atoms with Crippen molar-refractivity contribution in [2.75, 3.05) is 17.7 Å². The Bertz CT molecular complexity index is 1480. The highest BCUT2D eigenvalue weighted by atomic mass is 35.5. The second kappa shape index (κ2) is 10.5. The third-order valence-electron chi connectivity index (χ3n) is 4.95. The van der Waals surface area contributed by atoms with Crippen molar-refractivity contribution in [1.82, 2.24) is 9.38 Å². The fraction of sp³-hybridized carbons (Fsp3) is 0.167. The Hall–Kier alpha value is -3.40. The number of halogens is 2. The highest BCUT2D eigenvalue weighted by Gasteiger charge is 2.26. The van der Waals surface area contributed by atoms with E-state index in [1.807, 2.05) is 6.92 Å². The summed E-state index contributed by atoms with van der Waals surface area (Å²) in [4.78, 5) is 44.4. The van der Waals surface area contributed by atoms with Gasteiger partial charge in [0, 0.05) is 39.2 Å². The van der Waals surface area contributed by atoms with Crippen molar-refractivity contribution >= 4 is 62.7 Å². The van der Waals surface area contributed by atoms with Crippen LogP contribution in [-0.2, 0) is 6.42 Å². The summed E-state index contributed by atoms with van der Waals surface area (Å²) in [6, 6.07) is 12.7. The predicted octanol–water partition coefficient (Wildman–Crippen LogP) is 5.53. The lowest BCUT2D eigenvalue weighted by atomic mass is 10.2. The van der Waals surface area contributed by atoms with Gasteiger partial charge >= 0.3 is 0 Å². The first-order valence-electron chi connectivity index (χ1n) is 10.6. The highest BCUT2D eigenvalue weighted by molar-refractivity contribution is 7.19. The number of carbonyl (C=O) groups is 2. The van der Waals surface area contributed by atoms with E-state index < -0.39 is 17.4 Å². The van der Waals surface area contributed by atoms with Gasteiger partial charge in [0.2, 0.25) is 0 Å². The third kappa shape index (κ3) is 5.48. The van der Waals surface area contributed by atoms with Gasteiger partial charge in [0.15, 0.2) is 4.96 Å². The summed E-state index contributed by atoms with van der Waals surface area (Å²) in [6.07, 6.45) is 1.39. The minimum Gasteiger partial charge on any atom is -0.497 e. The zero-order chi connectivity index (χ0) is 25.1. The van der Waals surface area contributed by atoms with E-state index in [1.54, 1.807) is 24.3 Å². The van der Waals surface area contributed by atoms with Crippen LogP contribution in [0.1, 0.15) is 39.2 Å². The third-order valence-corrected chi connectivity index (χ3v) is 6.42. The maximum Gasteiger partial charge on any atom is 0.274 e. The van der Waals surface area contributed by atoms with Crippen LogP contribution in [0.5, 0.6) is 5.75 Å². The molecule has 2 amide bonds. The van der Waals surface area contributed by atoms with Crippen LogP contribution in [0.4, 0.5) is 11.4 Å². The normalized spacial score (nSPS) is 10.9. The maximum atomic E-state index is 13.4. The van der Waals surface area contributed by atoms with Crippen molar-refractivity contribution in [3.05, 3.63) is 85.2 Å². The molecule has 4 aromatic rings. The number of aryl methyl sites for hydroxylation is 1. The molecule has 2 aromatic heterocycles. The predicted molar refractivity (Wildman–Crippen MR) is 139 cm³/mol. The standard InChI is InChI=1S/C24H20Cl2N4O4S/c1-3-5-15-12-19(31)30-20(22(32)27-16-6-4-7-18(11-16)34-2)21(35-24(30)29-15)23(33)28-17-9-13(25)8-14(26)10-17/h4,6-12H,3,5H2,1-2H3,(H,27,32)(H,28,33). The number of aromatic nitrogens is 2. The van der Waals surface area contributed by atoms with E-state index >= 15 is 0 Å². The Labute approximate surface area is 214 Å². The smallest absolute Gasteiger partial charge is 0.274 e. The number of fused-ring (bicyclic) bond motifs is 1. The molecule has 0 saturated heterocycles. The summed E-state index contributed by atoms with van der Waals surface area (Å²) in [5.41, 5.74) is 0.794. The Morgan fingerprint density at radius 2 is 1.74 bits per heavy atom. The van der Waals surface area contributed by atoms with Crippen LogP contribution in [0.15, 0.2) is 53.3 Å². The van der Waals surface area contributed by atoms with Gasteiger partial charge in [-0.1, -0.05) is 53.9 Å². The number of nitrogens with one attached hydrogen (secondary N) is 2. The number of nitrogens with zero attached hydrogens (tertiary/aromatic N) is 2. The van der Waals surface area contributed by atoms with Gasteiger partial charge in [-0.3, -0.25) is 14.4 Å². The van der Waals surface area contributed by atoms with Crippen molar-refractivity contribution in [3.63, 3.8) is 0 Å². The second-order valence-electron chi connectivity index (χ2n) is 7.53. The number of hydrogen-bond donors (Lipinski definition) is 2. The van der Waals surface area contributed by atoms with E-state index in [0.717, 1.165) is 22.2 Å². The number of rotatable bonds is 7. The Morgan fingerprint density at radius 1 is 1.03 bits per heavy atom. The summed E-state index contributed by atoms with van der Waals surface area (Å²) >= 11 is 13.0. The summed E-state index contributed by atoms with van der Waals surface area (Å²) < 4.78 is 6.35. The molecule has 180 valence electrons. The average Bonchev–Trinajstić information content (AvgIpc) is 3.19. The van der Waals surface area contributed by atoms with Gasteiger partial charge in [-0.15, -0.1) is 0 Å². The van der Waals surface area contributed by atoms with E-state index in [9.17, 15) is 14.4 Å². The summed E-state index contributed by atoms with van der Waals surface area (Å²) in [5, 5.41) is 6.10. The molecule has 0 aliphatic heterocycles. The number of methoxy groups -OCH3 is 1. The molecular weight excluding hydrogens is 511 g/mol. The zero-order valence-corrected chi connectivity index (χ0v) is 21.1. The van der Waals surface area contributed by atoms with Crippen molar-refractivity contribution in [3.8, 4) is 5.75 Å². The van der Waals surface area contributed by atoms with Gasteiger partial charge in [-0.25, -0.2) is 9.38 Å². The van der Waals surface area contributed by atoms with E-state index in [-0.39, 0.29) is 15.5 Å². The highest BCUT2D eigenvalue weighted by Crippen LogP contribution is 2.27. The maximum absolute atomic E-state index is 13.4. The van der Waals surface area contributed by atoms with E-state index in [1.165, 1.54) is 31.4 Å². The molecule has 0 aliphatic carbocycles. The minimum atomic E-state index is -0.647. The van der Waals surface area contributed by atoms with Crippen molar-refractivity contribution < 1.29 is 14.3 Å². The molecule has 0 bridgehead atoms. The largest absolute Gasteiger partial charge is 0.497 e. The molecule has 0 aliphatic rings. The zero-order valence-electron chi connectivity index (χ0n) is 18.7. The van der Waals surface area contributed by atoms with Crippen molar-refractivity contribution in [2.45, 2.75) is 19.8 Å². The lowest BCUT2D eigenvalue weighted by molar-refractivity contribution is 0.0989. The molecule has 4 rings (SSSR count). The average molecular weight is 531 g/mol. The van der Waals surface area contributed by atoms with Gasteiger partial charge in [-0.05, 0) is 36.8 Å². The number of amides is 2. The molecule has 2 N–H and O–H groups in total. The Balaban J connectivity index is 1.81. The molecule has 0 unspecified atom stereocenters. The fourth-order valence-electron chi connectivity index (χ4n) is 3.47. The number of ether oxygens (including phenoxy) is 1. The molecular formula is C24H20Cl2N4O4S. The Kier molecular flexibility index (Phi) is 7.39. The van der Waals surface area contributed by atoms with E-state index in [4.69, 9.17) is 27.9 Å². The molecule has 35 heavy (non-hydrogen) atoms. The van der Waals surface area contributed by atoms with E-state index in [2.05, 4.69) is 15.6 Å². The van der Waals surface area contributed by atoms with Crippen LogP contribution in [-0.4, -0.2) is 28.3 Å². The molecule has 0 spiro atoms. The van der Waals surface area contributed by atoms with Crippen LogP contribution in [0.3, 0.4) is 0 Å². The number of anilines is 2. The number of thiazole rings is 1. The van der Waals surface area contributed by atoms with Gasteiger partial charge in [-0.2, -0.15) is 0 Å². The van der Waals surface area contributed by atoms with Gasteiger partial charge in [0.25, 0.3) is 17.4 Å². The molecule has 0 saturated carbocycles. The van der Waals surface area contributed by atoms with E-state index in [0.29, 0.717) is 39.3 Å². The summed E-state index contributed by atoms with van der Waals surface area (Å²) in [6.45, 7) is 1.97. The molecule has 11 heteroatoms. The molecule has 2 heterocycles. The molecule has 0 radical (unpaired) electrons. The first-order chi connectivity index (χ1) is 16.8. The summed E-state index contributed by atoms with van der Waals surface area (Å²) in [5.74, 6) is -0.714. The van der Waals surface area contributed by atoms with Gasteiger partial charge in [0.05, 0.1) is 7.11 Å². The molecule has 2 aromatic carbocycles. The van der Waals surface area contributed by atoms with Crippen molar-refractivity contribution in [1.29, 1.82) is 0 Å². The quantitative estimate of drug-likeness (QED) is 0.327. The second-order valence-corrected chi connectivity index (χ2v) is 9.38. The van der Waals surface area contributed by atoms with Crippen LogP contribution in [0, 0.1) is 0 Å². The van der Waals surface area contributed by atoms with Crippen LogP contribution in [0.25, 0.3) is 4.96 Å². The number of benzene rings is 2.